The summed E-state index contributed by atoms with van der Waals surface area (Å²) in [5.74, 6) is -0.508. The van der Waals surface area contributed by atoms with E-state index in [-0.39, 0.29) is 17.4 Å². The molecule has 2 heterocycles. The lowest BCUT2D eigenvalue weighted by Crippen LogP contribution is -2.39. The van der Waals surface area contributed by atoms with E-state index in [1.807, 2.05) is 11.8 Å². The van der Waals surface area contributed by atoms with Gasteiger partial charge in [-0.2, -0.15) is 0 Å². The topological polar surface area (TPSA) is 49.9 Å². The van der Waals surface area contributed by atoms with Crippen LogP contribution in [0.25, 0.3) is 0 Å². The summed E-state index contributed by atoms with van der Waals surface area (Å²) in [6.45, 7) is 11.9. The number of carbonyl (C=O) groups excluding carboxylic acids is 2. The molecule has 0 unspecified atom stereocenters. The number of hydrogen-bond donors (Lipinski definition) is 0. The lowest BCUT2D eigenvalue weighted by atomic mass is 9.85. The molecule has 0 aliphatic carbocycles. The highest BCUT2D eigenvalue weighted by Gasteiger charge is 2.32. The second-order valence-electron chi connectivity index (χ2n) is 11.1. The highest BCUT2D eigenvalue weighted by Crippen LogP contribution is 2.33. The third-order valence-corrected chi connectivity index (χ3v) is 7.52. The number of methoxy groups -OCH3 is 1. The molecule has 0 bridgehead atoms. The average molecular weight is 579 g/mol. The number of benzene rings is 2. The van der Waals surface area contributed by atoms with Gasteiger partial charge in [-0.15, -0.1) is 0 Å². The third-order valence-electron chi connectivity index (χ3n) is 7.52. The number of ether oxygens (including phenoxy) is 1. The normalized spacial score (nSPS) is 17.9. The molecule has 2 aromatic rings. The molecule has 1 atom stereocenters. The fraction of sp³-hybridized carbons (Fsp3) is 0.533. The zero-order valence-corrected chi connectivity index (χ0v) is 25.2. The predicted molar refractivity (Wildman–Crippen MR) is 156 cm³/mol. The number of aryl methyl sites for hydroxylation is 1. The molecule has 39 heavy (non-hydrogen) atoms. The van der Waals surface area contributed by atoms with Gasteiger partial charge in [0, 0.05) is 59.5 Å². The molecule has 4 rings (SSSR count). The molecule has 214 valence electrons. The quantitative estimate of drug-likeness (QED) is 0.341. The summed E-state index contributed by atoms with van der Waals surface area (Å²) in [5, 5.41) is 0. The van der Waals surface area contributed by atoms with E-state index in [9.17, 15) is 18.4 Å². The van der Waals surface area contributed by atoms with E-state index in [0.717, 1.165) is 69.0 Å². The maximum Gasteiger partial charge on any atom is 0.309 e. The minimum absolute atomic E-state index is 0.116. The number of nitrogens with zero attached hydrogens (tertiary/aromatic N) is 2. The lowest BCUT2D eigenvalue weighted by Gasteiger charge is -2.31. The molecule has 2 aliphatic heterocycles. The van der Waals surface area contributed by atoms with Gasteiger partial charge in [-0.1, -0.05) is 29.8 Å². The van der Waals surface area contributed by atoms with Crippen molar-refractivity contribution in [2.75, 3.05) is 33.3 Å². The van der Waals surface area contributed by atoms with Crippen molar-refractivity contribution in [3.8, 4) is 0 Å². The summed E-state index contributed by atoms with van der Waals surface area (Å²) in [6, 6.07) is 10.2. The molecule has 2 saturated heterocycles. The molecule has 0 radical (unpaired) electrons. The Balaban J connectivity index is 0.000000260. The standard InChI is InChI=1S/C16H21NO3.C14H19F2N.S2/c1-12-3-4-15(14(9-12)10-16(19)20-2)13-5-7-17(11-18)8-6-13;1-14(2,3)17-7-6-10(9-17)12-5-4-11(15)8-13(12)16;1-2/h3-4,9,11,13H,5-8,10H2,1-2H3;4-5,8,10H,6-7,9H2,1-3H3;/t;10-;/m.0./s1. The van der Waals surface area contributed by atoms with Crippen LogP contribution in [0.4, 0.5) is 8.78 Å². The number of piperidine rings is 1. The minimum Gasteiger partial charge on any atom is -0.469 e. The van der Waals surface area contributed by atoms with Crippen molar-refractivity contribution < 1.29 is 23.1 Å². The molecule has 0 N–H and O–H groups in total. The molecule has 0 spiro atoms. The maximum absolute atomic E-state index is 13.7. The summed E-state index contributed by atoms with van der Waals surface area (Å²) in [6.07, 6.45) is 4.09. The molecule has 9 heteroatoms. The Morgan fingerprint density at radius 3 is 2.15 bits per heavy atom. The zero-order valence-electron chi connectivity index (χ0n) is 23.5. The van der Waals surface area contributed by atoms with E-state index in [4.69, 9.17) is 4.74 Å². The summed E-state index contributed by atoms with van der Waals surface area (Å²) < 4.78 is 31.3. The van der Waals surface area contributed by atoms with Gasteiger partial charge in [0.25, 0.3) is 0 Å². The van der Waals surface area contributed by atoms with Crippen LogP contribution in [0.1, 0.15) is 74.1 Å². The minimum atomic E-state index is -0.503. The maximum atomic E-state index is 13.7. The van der Waals surface area contributed by atoms with Gasteiger partial charge in [0.2, 0.25) is 6.41 Å². The van der Waals surface area contributed by atoms with E-state index < -0.39 is 11.6 Å². The summed E-state index contributed by atoms with van der Waals surface area (Å²) >= 11 is 7.33. The van der Waals surface area contributed by atoms with E-state index >= 15 is 0 Å². The number of hydrogen-bond acceptors (Lipinski definition) is 6. The third kappa shape index (κ3) is 9.65. The van der Waals surface area contributed by atoms with Crippen LogP contribution in [0.15, 0.2) is 36.4 Å². The van der Waals surface area contributed by atoms with Gasteiger partial charge in [0.1, 0.15) is 11.6 Å². The van der Waals surface area contributed by atoms with Crippen LogP contribution in [-0.4, -0.2) is 61.0 Å². The Labute approximate surface area is 241 Å². The Morgan fingerprint density at radius 1 is 1.00 bits per heavy atom. The molecule has 0 saturated carbocycles. The van der Waals surface area contributed by atoms with E-state index in [1.54, 1.807) is 6.07 Å². The largest absolute Gasteiger partial charge is 0.469 e. The highest BCUT2D eigenvalue weighted by atomic mass is 32.8. The number of carbonyl (C=O) groups is 2. The number of esters is 1. The van der Waals surface area contributed by atoms with Gasteiger partial charge < -0.3 is 9.64 Å². The van der Waals surface area contributed by atoms with Crippen molar-refractivity contribution in [2.45, 2.75) is 70.8 Å². The molecule has 2 aromatic carbocycles. The van der Waals surface area contributed by atoms with Crippen LogP contribution in [-0.2, 0) is 43.1 Å². The predicted octanol–water partition coefficient (Wildman–Crippen LogP) is 5.59. The average Bonchev–Trinajstić information content (AvgIpc) is 3.41. The highest BCUT2D eigenvalue weighted by molar-refractivity contribution is 8.07. The van der Waals surface area contributed by atoms with Gasteiger partial charge in [0.05, 0.1) is 13.5 Å². The lowest BCUT2D eigenvalue weighted by molar-refractivity contribution is -0.139. The molecule has 2 fully saturated rings. The first kappa shape index (κ1) is 32.8. The number of halogens is 2. The van der Waals surface area contributed by atoms with Crippen molar-refractivity contribution in [1.29, 1.82) is 0 Å². The van der Waals surface area contributed by atoms with Gasteiger partial charge in [0.15, 0.2) is 0 Å². The second kappa shape index (κ2) is 15.4. The summed E-state index contributed by atoms with van der Waals surface area (Å²) in [7, 11) is 1.42. The Bertz CT molecular complexity index is 1100. The molecule has 0 aromatic heterocycles. The molecule has 2 aliphatic rings. The molecular formula is C30H40F2N2O3S2. The van der Waals surface area contributed by atoms with Crippen molar-refractivity contribution in [1.82, 2.24) is 9.80 Å². The van der Waals surface area contributed by atoms with Crippen molar-refractivity contribution in [3.63, 3.8) is 0 Å². The Hall–Kier alpha value is -2.36. The van der Waals surface area contributed by atoms with E-state index in [2.05, 4.69) is 66.2 Å². The van der Waals surface area contributed by atoms with Crippen molar-refractivity contribution in [3.05, 3.63) is 70.3 Å². The molecule has 1 amide bonds. The second-order valence-corrected chi connectivity index (χ2v) is 11.1. The van der Waals surface area contributed by atoms with Crippen LogP contribution in [0, 0.1) is 18.6 Å². The fourth-order valence-corrected chi connectivity index (χ4v) is 5.29. The Morgan fingerprint density at radius 2 is 1.62 bits per heavy atom. The van der Waals surface area contributed by atoms with Gasteiger partial charge >= 0.3 is 5.97 Å². The first-order valence-corrected chi connectivity index (χ1v) is 14.6. The van der Waals surface area contributed by atoms with Gasteiger partial charge in [-0.3, -0.25) is 14.5 Å². The van der Waals surface area contributed by atoms with E-state index in [1.165, 1.54) is 18.7 Å². The van der Waals surface area contributed by atoms with Crippen molar-refractivity contribution >= 4 is 34.8 Å². The van der Waals surface area contributed by atoms with Crippen LogP contribution in [0.2, 0.25) is 0 Å². The van der Waals surface area contributed by atoms with Gasteiger partial charge in [-0.05, 0) is 82.2 Å². The Kier molecular flexibility index (Phi) is 13.0. The molecule has 5 nitrogen and oxygen atoms in total. The van der Waals surface area contributed by atoms with Crippen molar-refractivity contribution in [2.24, 2.45) is 0 Å². The first-order chi connectivity index (χ1) is 18.5. The first-order valence-electron chi connectivity index (χ1n) is 13.2. The van der Waals surface area contributed by atoms with Crippen LogP contribution in [0.3, 0.4) is 0 Å². The summed E-state index contributed by atoms with van der Waals surface area (Å²) in [4.78, 5) is 26.5. The van der Waals surface area contributed by atoms with Crippen LogP contribution < -0.4 is 0 Å². The number of likely N-dealkylation sites (tertiary alicyclic amines) is 2. The number of rotatable bonds is 5. The molecular weight excluding hydrogens is 538 g/mol. The summed E-state index contributed by atoms with van der Waals surface area (Å²) in [5.41, 5.74) is 4.20. The van der Waals surface area contributed by atoms with Gasteiger partial charge in [-0.25, -0.2) is 8.78 Å². The fourth-order valence-electron chi connectivity index (χ4n) is 5.29. The SMILES string of the molecule is CC(C)(C)N1CC[C@H](c2ccc(F)cc2F)C1.COC(=O)Cc1cc(C)ccc1C1CCN(C=O)CC1.S=S. The monoisotopic (exact) mass is 578 g/mol. The number of amides is 1. The van der Waals surface area contributed by atoms with Crippen LogP contribution in [0.5, 0.6) is 0 Å². The van der Waals surface area contributed by atoms with Crippen LogP contribution >= 0.6 is 0 Å². The zero-order chi connectivity index (χ0) is 29.2. The van der Waals surface area contributed by atoms with E-state index in [0.29, 0.717) is 17.9 Å². The smallest absolute Gasteiger partial charge is 0.309 e.